The van der Waals surface area contributed by atoms with Crippen LogP contribution in [-0.4, -0.2) is 15.0 Å². The van der Waals surface area contributed by atoms with E-state index in [9.17, 15) is 8.42 Å². The molecule has 0 atom stereocenters. The summed E-state index contributed by atoms with van der Waals surface area (Å²) in [5, 5.41) is 0.243. The summed E-state index contributed by atoms with van der Waals surface area (Å²) in [6.45, 7) is 4.25. The lowest BCUT2D eigenvalue weighted by Crippen LogP contribution is -2.27. The molecule has 0 bridgehead atoms. The fraction of sp³-hybridized carbons (Fsp3) is 0.400. The van der Waals surface area contributed by atoms with Crippen molar-refractivity contribution in [1.29, 1.82) is 0 Å². The molecular formula is C10H15ClN2O2S. The van der Waals surface area contributed by atoms with Crippen molar-refractivity contribution in [2.45, 2.75) is 18.7 Å². The van der Waals surface area contributed by atoms with Crippen LogP contribution in [0.5, 0.6) is 0 Å². The molecule has 3 N–H and O–H groups in total. The van der Waals surface area contributed by atoms with Crippen molar-refractivity contribution in [3.05, 3.63) is 23.2 Å². The number of nitrogens with two attached hydrogens (primary N) is 1. The van der Waals surface area contributed by atoms with Gasteiger partial charge in [0.05, 0.1) is 15.6 Å². The average molecular weight is 263 g/mol. The molecule has 6 heteroatoms. The highest BCUT2D eigenvalue weighted by molar-refractivity contribution is 7.89. The van der Waals surface area contributed by atoms with Gasteiger partial charge in [0, 0.05) is 6.54 Å². The SMILES string of the molecule is CC(C)CNS(=O)(=O)c1ccc(N)c(Cl)c1. The third kappa shape index (κ3) is 3.37. The Morgan fingerprint density at radius 1 is 1.44 bits per heavy atom. The van der Waals surface area contributed by atoms with E-state index in [2.05, 4.69) is 4.72 Å². The molecule has 16 heavy (non-hydrogen) atoms. The number of anilines is 1. The summed E-state index contributed by atoms with van der Waals surface area (Å²) >= 11 is 5.77. The first kappa shape index (κ1) is 13.3. The minimum absolute atomic E-state index is 0.132. The summed E-state index contributed by atoms with van der Waals surface area (Å²) < 4.78 is 26.1. The van der Waals surface area contributed by atoms with E-state index in [0.717, 1.165) is 0 Å². The lowest BCUT2D eigenvalue weighted by molar-refractivity contribution is 0.560. The third-order valence-corrected chi connectivity index (χ3v) is 3.71. The molecule has 0 aliphatic rings. The number of nitrogens with one attached hydrogen (secondary N) is 1. The van der Waals surface area contributed by atoms with E-state index in [1.165, 1.54) is 18.2 Å². The van der Waals surface area contributed by atoms with Crippen LogP contribution in [0, 0.1) is 5.92 Å². The molecule has 0 aliphatic carbocycles. The van der Waals surface area contributed by atoms with Gasteiger partial charge in [0.1, 0.15) is 0 Å². The van der Waals surface area contributed by atoms with E-state index in [1.807, 2.05) is 13.8 Å². The molecule has 1 rings (SSSR count). The van der Waals surface area contributed by atoms with Gasteiger partial charge in [0.25, 0.3) is 0 Å². The van der Waals surface area contributed by atoms with Crippen LogP contribution >= 0.6 is 11.6 Å². The van der Waals surface area contributed by atoms with Gasteiger partial charge in [-0.15, -0.1) is 0 Å². The summed E-state index contributed by atoms with van der Waals surface area (Å²) in [4.78, 5) is 0.132. The molecule has 0 saturated carbocycles. The zero-order valence-electron chi connectivity index (χ0n) is 9.20. The Balaban J connectivity index is 2.94. The predicted molar refractivity (Wildman–Crippen MR) is 65.9 cm³/mol. The van der Waals surface area contributed by atoms with Crippen LogP contribution < -0.4 is 10.5 Å². The van der Waals surface area contributed by atoms with E-state index in [0.29, 0.717) is 12.2 Å². The zero-order chi connectivity index (χ0) is 12.3. The minimum atomic E-state index is -3.48. The molecule has 1 aromatic carbocycles. The molecule has 0 saturated heterocycles. The van der Waals surface area contributed by atoms with Crippen molar-refractivity contribution in [2.75, 3.05) is 12.3 Å². The summed E-state index contributed by atoms with van der Waals surface area (Å²) in [5.41, 5.74) is 5.87. The minimum Gasteiger partial charge on any atom is -0.398 e. The highest BCUT2D eigenvalue weighted by Crippen LogP contribution is 2.22. The number of nitrogen functional groups attached to an aromatic ring is 1. The van der Waals surface area contributed by atoms with Gasteiger partial charge in [-0.3, -0.25) is 0 Å². The van der Waals surface area contributed by atoms with Gasteiger partial charge in [-0.2, -0.15) is 0 Å². The maximum Gasteiger partial charge on any atom is 0.240 e. The van der Waals surface area contributed by atoms with Crippen molar-refractivity contribution in [3.63, 3.8) is 0 Å². The van der Waals surface area contributed by atoms with Gasteiger partial charge in [0.2, 0.25) is 10.0 Å². The predicted octanol–water partition coefficient (Wildman–Crippen LogP) is 1.86. The number of sulfonamides is 1. The maximum absolute atomic E-state index is 11.8. The quantitative estimate of drug-likeness (QED) is 0.814. The Hall–Kier alpha value is -0.780. The normalized spacial score (nSPS) is 12.0. The topological polar surface area (TPSA) is 72.2 Å². The standard InChI is InChI=1S/C10H15ClN2O2S/c1-7(2)6-13-16(14,15)8-3-4-10(12)9(11)5-8/h3-5,7,13H,6,12H2,1-2H3. The maximum atomic E-state index is 11.8. The van der Waals surface area contributed by atoms with Crippen LogP contribution in [0.1, 0.15) is 13.8 Å². The molecule has 0 aromatic heterocycles. The van der Waals surface area contributed by atoms with Crippen molar-refractivity contribution in [2.24, 2.45) is 5.92 Å². The Morgan fingerprint density at radius 2 is 2.06 bits per heavy atom. The molecule has 90 valence electrons. The van der Waals surface area contributed by atoms with Crippen LogP contribution in [0.2, 0.25) is 5.02 Å². The van der Waals surface area contributed by atoms with Crippen LogP contribution in [0.4, 0.5) is 5.69 Å². The third-order valence-electron chi connectivity index (χ3n) is 1.96. The second-order valence-electron chi connectivity index (χ2n) is 3.93. The van der Waals surface area contributed by atoms with Gasteiger partial charge in [-0.1, -0.05) is 25.4 Å². The first-order valence-corrected chi connectivity index (χ1v) is 6.73. The summed E-state index contributed by atoms with van der Waals surface area (Å²) in [5.74, 6) is 0.249. The molecule has 4 nitrogen and oxygen atoms in total. The molecule has 0 unspecified atom stereocenters. The highest BCUT2D eigenvalue weighted by atomic mass is 35.5. The van der Waals surface area contributed by atoms with E-state index >= 15 is 0 Å². The van der Waals surface area contributed by atoms with Crippen molar-refractivity contribution in [3.8, 4) is 0 Å². The molecule has 0 fully saturated rings. The molecule has 0 aliphatic heterocycles. The van der Waals surface area contributed by atoms with Crippen LogP contribution in [0.15, 0.2) is 23.1 Å². The number of hydrogen-bond acceptors (Lipinski definition) is 3. The van der Waals surface area contributed by atoms with Gasteiger partial charge < -0.3 is 5.73 Å². The molecular weight excluding hydrogens is 248 g/mol. The number of rotatable bonds is 4. The summed E-state index contributed by atoms with van der Waals surface area (Å²) in [6.07, 6.45) is 0. The second-order valence-corrected chi connectivity index (χ2v) is 6.10. The van der Waals surface area contributed by atoms with E-state index in [-0.39, 0.29) is 15.8 Å². The lowest BCUT2D eigenvalue weighted by Gasteiger charge is -2.09. The Morgan fingerprint density at radius 3 is 2.56 bits per heavy atom. The highest BCUT2D eigenvalue weighted by Gasteiger charge is 2.15. The smallest absolute Gasteiger partial charge is 0.240 e. The fourth-order valence-corrected chi connectivity index (χ4v) is 2.52. The average Bonchev–Trinajstić information content (AvgIpc) is 2.19. The van der Waals surface area contributed by atoms with E-state index in [4.69, 9.17) is 17.3 Å². The van der Waals surface area contributed by atoms with Crippen molar-refractivity contribution in [1.82, 2.24) is 4.72 Å². The van der Waals surface area contributed by atoms with Crippen molar-refractivity contribution >= 4 is 27.3 Å². The zero-order valence-corrected chi connectivity index (χ0v) is 10.8. The number of benzene rings is 1. The fourth-order valence-electron chi connectivity index (χ4n) is 1.03. The van der Waals surface area contributed by atoms with Crippen LogP contribution in [0.25, 0.3) is 0 Å². The van der Waals surface area contributed by atoms with Gasteiger partial charge >= 0.3 is 0 Å². The molecule has 0 spiro atoms. The molecule has 0 heterocycles. The summed E-state index contributed by atoms with van der Waals surface area (Å²) in [6, 6.07) is 4.26. The Labute approximate surface area is 101 Å². The van der Waals surface area contributed by atoms with Crippen molar-refractivity contribution < 1.29 is 8.42 Å². The first-order chi connectivity index (χ1) is 7.33. The Bertz CT molecular complexity index is 472. The lowest BCUT2D eigenvalue weighted by atomic mass is 10.2. The number of hydrogen-bond donors (Lipinski definition) is 2. The van der Waals surface area contributed by atoms with Gasteiger partial charge in [-0.25, -0.2) is 13.1 Å². The first-order valence-electron chi connectivity index (χ1n) is 4.87. The van der Waals surface area contributed by atoms with Gasteiger partial charge in [0.15, 0.2) is 0 Å². The van der Waals surface area contributed by atoms with Gasteiger partial charge in [-0.05, 0) is 24.1 Å². The Kier molecular flexibility index (Phi) is 4.18. The molecule has 0 amide bonds. The molecule has 1 aromatic rings. The van der Waals surface area contributed by atoms with E-state index < -0.39 is 10.0 Å². The molecule has 0 radical (unpaired) electrons. The summed E-state index contributed by atoms with van der Waals surface area (Å²) in [7, 11) is -3.48. The number of halogens is 1. The largest absolute Gasteiger partial charge is 0.398 e. The van der Waals surface area contributed by atoms with E-state index in [1.54, 1.807) is 0 Å². The van der Waals surface area contributed by atoms with Crippen LogP contribution in [0.3, 0.4) is 0 Å². The van der Waals surface area contributed by atoms with Crippen LogP contribution in [-0.2, 0) is 10.0 Å². The second kappa shape index (κ2) is 5.03. The monoisotopic (exact) mass is 262 g/mol.